The molecule has 0 atom stereocenters. The quantitative estimate of drug-likeness (QED) is 0.593. The van der Waals surface area contributed by atoms with E-state index >= 15 is 0 Å². The molecule has 0 fully saturated rings. The van der Waals surface area contributed by atoms with Gasteiger partial charge in [-0.3, -0.25) is 10.4 Å². The minimum atomic E-state index is -0.833. The first-order valence-corrected chi connectivity index (χ1v) is 4.99. The predicted molar refractivity (Wildman–Crippen MR) is 51.5 cm³/mol. The molecule has 0 aliphatic rings. The number of carbonyl (C=O) groups is 1. The van der Waals surface area contributed by atoms with Crippen molar-refractivity contribution in [2.24, 2.45) is 0 Å². The van der Waals surface area contributed by atoms with Gasteiger partial charge in [0.05, 0.1) is 6.54 Å². The minimum absolute atomic E-state index is 0.167. The lowest BCUT2D eigenvalue weighted by atomic mass is 10.2. The maximum atomic E-state index is 11.0. The van der Waals surface area contributed by atoms with E-state index in [1.807, 2.05) is 16.8 Å². The molecule has 78 valence electrons. The Labute approximate surface area is 85.7 Å². The van der Waals surface area contributed by atoms with E-state index in [4.69, 9.17) is 5.21 Å². The molecule has 5 nitrogen and oxygen atoms in total. The molecule has 1 aromatic heterocycles. The Balaban J connectivity index is 2.35. The molecule has 0 unspecified atom stereocenters. The van der Waals surface area contributed by atoms with Crippen LogP contribution in [0.5, 0.6) is 0 Å². The molecule has 1 heterocycles. The van der Waals surface area contributed by atoms with Crippen LogP contribution >= 0.6 is 11.3 Å². The highest BCUT2D eigenvalue weighted by Gasteiger charge is 2.13. The lowest BCUT2D eigenvalue weighted by Crippen LogP contribution is -2.38. The summed E-state index contributed by atoms with van der Waals surface area (Å²) in [5, 5.41) is 22.6. The summed E-state index contributed by atoms with van der Waals surface area (Å²) in [5.41, 5.74) is 1.06. The van der Waals surface area contributed by atoms with E-state index in [0.29, 0.717) is 16.5 Å². The number of hydrogen-bond donors (Lipinski definition) is 2. The molecule has 0 spiro atoms. The summed E-state index contributed by atoms with van der Waals surface area (Å²) in [6, 6.07) is 1.09. The van der Waals surface area contributed by atoms with Crippen molar-refractivity contribution >= 4 is 17.4 Å². The van der Waals surface area contributed by atoms with Crippen LogP contribution in [0.25, 0.3) is 0 Å². The van der Waals surface area contributed by atoms with Crippen LogP contribution in [0.2, 0.25) is 0 Å². The monoisotopic (exact) mass is 216 g/mol. The van der Waals surface area contributed by atoms with Gasteiger partial charge in [0.2, 0.25) is 0 Å². The van der Waals surface area contributed by atoms with Crippen molar-refractivity contribution in [1.82, 2.24) is 10.1 Å². The fraction of sp³-hybridized carbons (Fsp3) is 0.375. The predicted octanol–water partition coefficient (Wildman–Crippen LogP) is 1.42. The normalized spacial score (nSPS) is 9.93. The average molecular weight is 216 g/mol. The lowest BCUT2D eigenvalue weighted by Gasteiger charge is -2.17. The second-order valence-electron chi connectivity index (χ2n) is 2.81. The van der Waals surface area contributed by atoms with Crippen LogP contribution in [0.4, 0.5) is 4.79 Å². The van der Waals surface area contributed by atoms with E-state index in [2.05, 4.69) is 0 Å². The maximum Gasteiger partial charge on any atom is 0.367 e. The zero-order chi connectivity index (χ0) is 10.6. The maximum absolute atomic E-state index is 11.0. The fourth-order valence-electron chi connectivity index (χ4n) is 0.933. The highest BCUT2D eigenvalue weighted by Crippen LogP contribution is 2.07. The van der Waals surface area contributed by atoms with Crippen LogP contribution in [0.3, 0.4) is 0 Å². The Morgan fingerprint density at radius 1 is 1.57 bits per heavy atom. The van der Waals surface area contributed by atoms with Crippen LogP contribution in [0.1, 0.15) is 5.56 Å². The van der Waals surface area contributed by atoms with Gasteiger partial charge in [0.15, 0.2) is 0 Å². The van der Waals surface area contributed by atoms with E-state index in [0.717, 1.165) is 12.6 Å². The number of amides is 2. The molecule has 2 amide bonds. The first-order valence-electron chi connectivity index (χ1n) is 4.05. The van der Waals surface area contributed by atoms with Crippen molar-refractivity contribution in [1.29, 1.82) is 0 Å². The minimum Gasteiger partial charge on any atom is -0.285 e. The second kappa shape index (κ2) is 4.94. The van der Waals surface area contributed by atoms with Crippen LogP contribution in [-0.4, -0.2) is 40.2 Å². The number of hydroxylamine groups is 4. The summed E-state index contributed by atoms with van der Waals surface area (Å²) in [6.07, 6.45) is 0.569. The van der Waals surface area contributed by atoms with Gasteiger partial charge in [-0.2, -0.15) is 11.3 Å². The summed E-state index contributed by atoms with van der Waals surface area (Å²) in [6.45, 7) is 0.167. The molecule has 0 aliphatic carbocycles. The first kappa shape index (κ1) is 11.0. The Hall–Kier alpha value is -1.11. The molecule has 0 aromatic carbocycles. The van der Waals surface area contributed by atoms with Crippen LogP contribution in [-0.2, 0) is 6.42 Å². The Morgan fingerprint density at radius 3 is 2.79 bits per heavy atom. The Bertz CT molecular complexity index is 287. The Kier molecular flexibility index (Phi) is 3.87. The third-order valence-corrected chi connectivity index (χ3v) is 2.42. The number of nitrogens with zero attached hydrogens (tertiary/aromatic N) is 2. The van der Waals surface area contributed by atoms with E-state index in [-0.39, 0.29) is 6.54 Å². The van der Waals surface area contributed by atoms with Crippen LogP contribution in [0, 0.1) is 0 Å². The molecule has 1 aromatic rings. The van der Waals surface area contributed by atoms with Gasteiger partial charge in [-0.1, -0.05) is 0 Å². The van der Waals surface area contributed by atoms with Crippen molar-refractivity contribution in [3.05, 3.63) is 22.4 Å². The molecule has 0 saturated heterocycles. The molecule has 0 aliphatic heterocycles. The Morgan fingerprint density at radius 2 is 2.29 bits per heavy atom. The van der Waals surface area contributed by atoms with Crippen LogP contribution in [0.15, 0.2) is 16.8 Å². The second-order valence-corrected chi connectivity index (χ2v) is 3.59. The van der Waals surface area contributed by atoms with Gasteiger partial charge in [-0.15, -0.1) is 0 Å². The van der Waals surface area contributed by atoms with Crippen molar-refractivity contribution in [3.63, 3.8) is 0 Å². The molecule has 2 N–H and O–H groups in total. The third kappa shape index (κ3) is 2.99. The van der Waals surface area contributed by atoms with Crippen LogP contribution < -0.4 is 0 Å². The molecule has 0 saturated carbocycles. The number of urea groups is 1. The number of rotatable bonds is 3. The van der Waals surface area contributed by atoms with E-state index in [1.54, 1.807) is 11.3 Å². The van der Waals surface area contributed by atoms with Crippen molar-refractivity contribution in [2.45, 2.75) is 6.42 Å². The van der Waals surface area contributed by atoms with Gasteiger partial charge in [0.1, 0.15) is 0 Å². The smallest absolute Gasteiger partial charge is 0.285 e. The van der Waals surface area contributed by atoms with E-state index in [1.165, 1.54) is 0 Å². The van der Waals surface area contributed by atoms with Gasteiger partial charge in [0, 0.05) is 7.05 Å². The zero-order valence-corrected chi connectivity index (χ0v) is 8.57. The van der Waals surface area contributed by atoms with Gasteiger partial charge in [0.25, 0.3) is 0 Å². The zero-order valence-electron chi connectivity index (χ0n) is 7.75. The van der Waals surface area contributed by atoms with Gasteiger partial charge in [-0.05, 0) is 28.8 Å². The summed E-state index contributed by atoms with van der Waals surface area (Å²) >= 11 is 1.56. The van der Waals surface area contributed by atoms with Gasteiger partial charge in [-0.25, -0.2) is 14.9 Å². The van der Waals surface area contributed by atoms with Crippen molar-refractivity contribution in [2.75, 3.05) is 13.6 Å². The largest absolute Gasteiger partial charge is 0.367 e. The topological polar surface area (TPSA) is 64.0 Å². The summed E-state index contributed by atoms with van der Waals surface area (Å²) < 4.78 is 0. The molecular formula is C8H12N2O3S. The van der Waals surface area contributed by atoms with E-state index in [9.17, 15) is 10.0 Å². The average Bonchev–Trinajstić information content (AvgIpc) is 2.65. The number of thiophene rings is 1. The molecule has 0 bridgehead atoms. The fourth-order valence-corrected chi connectivity index (χ4v) is 1.64. The number of carbonyl (C=O) groups excluding carboxylic acids is 1. The summed E-state index contributed by atoms with van der Waals surface area (Å²) in [5.74, 6) is 0. The van der Waals surface area contributed by atoms with Crippen molar-refractivity contribution in [3.8, 4) is 0 Å². The molecule has 0 radical (unpaired) electrons. The molecule has 14 heavy (non-hydrogen) atoms. The summed E-state index contributed by atoms with van der Waals surface area (Å²) in [7, 11) is 1.16. The summed E-state index contributed by atoms with van der Waals surface area (Å²) in [4.78, 5) is 11.0. The van der Waals surface area contributed by atoms with E-state index < -0.39 is 6.03 Å². The van der Waals surface area contributed by atoms with Crippen molar-refractivity contribution < 1.29 is 15.2 Å². The molecule has 6 heteroatoms. The standard InChI is InChI=1S/C8H12N2O3S/c1-9(12)8(11)10(13)4-2-7-3-5-14-6-7/h3,5-6,12-13H,2,4H2,1H3. The molecule has 1 rings (SSSR count). The van der Waals surface area contributed by atoms with Gasteiger partial charge < -0.3 is 0 Å². The highest BCUT2D eigenvalue weighted by atomic mass is 32.1. The first-order chi connectivity index (χ1) is 6.61. The highest BCUT2D eigenvalue weighted by molar-refractivity contribution is 7.07. The third-order valence-electron chi connectivity index (χ3n) is 1.69. The SMILES string of the molecule is CN(O)C(=O)N(O)CCc1ccsc1. The lowest BCUT2D eigenvalue weighted by molar-refractivity contribution is -0.106. The van der Waals surface area contributed by atoms with Gasteiger partial charge >= 0.3 is 6.03 Å². The molecular weight excluding hydrogens is 204 g/mol. The number of hydrogen-bond acceptors (Lipinski definition) is 4.